The number of primary amides is 1. The SMILES string of the molecule is COC(/C=N/NC(N)=O)c1ccccc1. The van der Waals surface area contributed by atoms with Crippen molar-refractivity contribution in [3.8, 4) is 0 Å². The van der Waals surface area contributed by atoms with Crippen LogP contribution in [0.2, 0.25) is 0 Å². The van der Waals surface area contributed by atoms with E-state index in [1.165, 1.54) is 6.21 Å². The molecule has 5 heteroatoms. The first-order valence-electron chi connectivity index (χ1n) is 4.40. The number of benzene rings is 1. The average molecular weight is 207 g/mol. The molecule has 0 heterocycles. The van der Waals surface area contributed by atoms with Crippen molar-refractivity contribution in [2.24, 2.45) is 10.8 Å². The van der Waals surface area contributed by atoms with E-state index in [1.54, 1.807) is 7.11 Å². The van der Waals surface area contributed by atoms with Crippen molar-refractivity contribution < 1.29 is 9.53 Å². The Hall–Kier alpha value is -1.88. The van der Waals surface area contributed by atoms with Gasteiger partial charge in [0.1, 0.15) is 6.10 Å². The molecular weight excluding hydrogens is 194 g/mol. The van der Waals surface area contributed by atoms with Gasteiger partial charge in [-0.3, -0.25) is 0 Å². The maximum Gasteiger partial charge on any atom is 0.332 e. The summed E-state index contributed by atoms with van der Waals surface area (Å²) >= 11 is 0. The number of ether oxygens (including phenoxy) is 1. The minimum atomic E-state index is -0.700. The molecule has 0 bridgehead atoms. The topological polar surface area (TPSA) is 76.7 Å². The number of urea groups is 1. The first kappa shape index (κ1) is 11.2. The fraction of sp³-hybridized carbons (Fsp3) is 0.200. The van der Waals surface area contributed by atoms with Gasteiger partial charge in [-0.25, -0.2) is 10.2 Å². The summed E-state index contributed by atoms with van der Waals surface area (Å²) in [7, 11) is 1.56. The van der Waals surface area contributed by atoms with Crippen LogP contribution in [0.25, 0.3) is 0 Å². The average Bonchev–Trinajstić information content (AvgIpc) is 2.25. The molecule has 0 aliphatic carbocycles. The van der Waals surface area contributed by atoms with Crippen LogP contribution in [0.4, 0.5) is 4.79 Å². The van der Waals surface area contributed by atoms with Crippen LogP contribution in [0, 0.1) is 0 Å². The maximum atomic E-state index is 10.4. The van der Waals surface area contributed by atoms with E-state index in [0.717, 1.165) is 5.56 Å². The van der Waals surface area contributed by atoms with Crippen molar-refractivity contribution in [2.45, 2.75) is 6.10 Å². The summed E-state index contributed by atoms with van der Waals surface area (Å²) in [6.45, 7) is 0. The van der Waals surface area contributed by atoms with E-state index in [-0.39, 0.29) is 6.10 Å². The van der Waals surface area contributed by atoms with Gasteiger partial charge < -0.3 is 10.5 Å². The molecule has 1 rings (SSSR count). The van der Waals surface area contributed by atoms with Crippen LogP contribution < -0.4 is 11.2 Å². The zero-order chi connectivity index (χ0) is 11.1. The van der Waals surface area contributed by atoms with Crippen molar-refractivity contribution in [2.75, 3.05) is 7.11 Å². The van der Waals surface area contributed by atoms with Gasteiger partial charge in [-0.2, -0.15) is 5.10 Å². The molecule has 15 heavy (non-hydrogen) atoms. The normalized spacial score (nSPS) is 12.6. The van der Waals surface area contributed by atoms with E-state index in [9.17, 15) is 4.79 Å². The van der Waals surface area contributed by atoms with Crippen LogP contribution in [-0.2, 0) is 4.74 Å². The summed E-state index contributed by atoms with van der Waals surface area (Å²) in [5.74, 6) is 0. The fourth-order valence-electron chi connectivity index (χ4n) is 1.09. The zero-order valence-corrected chi connectivity index (χ0v) is 8.38. The Kier molecular flexibility index (Phi) is 4.30. The molecule has 0 radical (unpaired) electrons. The zero-order valence-electron chi connectivity index (χ0n) is 8.38. The Morgan fingerprint density at radius 3 is 2.73 bits per heavy atom. The van der Waals surface area contributed by atoms with Crippen LogP contribution in [0.3, 0.4) is 0 Å². The van der Waals surface area contributed by atoms with E-state index < -0.39 is 6.03 Å². The molecule has 0 aromatic heterocycles. The van der Waals surface area contributed by atoms with E-state index in [2.05, 4.69) is 10.5 Å². The van der Waals surface area contributed by atoms with Gasteiger partial charge in [0.15, 0.2) is 0 Å². The minimum absolute atomic E-state index is 0.293. The number of methoxy groups -OCH3 is 1. The van der Waals surface area contributed by atoms with Gasteiger partial charge in [0.05, 0.1) is 6.21 Å². The van der Waals surface area contributed by atoms with Crippen molar-refractivity contribution in [1.82, 2.24) is 5.43 Å². The van der Waals surface area contributed by atoms with Crippen molar-refractivity contribution >= 4 is 12.2 Å². The Balaban J connectivity index is 2.64. The number of nitrogens with one attached hydrogen (secondary N) is 1. The van der Waals surface area contributed by atoms with Crippen molar-refractivity contribution in [3.05, 3.63) is 35.9 Å². The van der Waals surface area contributed by atoms with E-state index >= 15 is 0 Å². The lowest BCUT2D eigenvalue weighted by Crippen LogP contribution is -2.24. The number of nitrogens with zero attached hydrogens (tertiary/aromatic N) is 1. The lowest BCUT2D eigenvalue weighted by Gasteiger charge is -2.09. The third-order valence-corrected chi connectivity index (χ3v) is 1.77. The third-order valence-electron chi connectivity index (χ3n) is 1.77. The smallest absolute Gasteiger partial charge is 0.332 e. The molecule has 80 valence electrons. The van der Waals surface area contributed by atoms with Gasteiger partial charge in [0.2, 0.25) is 0 Å². The molecule has 0 fully saturated rings. The van der Waals surface area contributed by atoms with Crippen LogP contribution in [-0.4, -0.2) is 19.4 Å². The van der Waals surface area contributed by atoms with Crippen LogP contribution in [0.5, 0.6) is 0 Å². The summed E-state index contributed by atoms with van der Waals surface area (Å²) in [5, 5.41) is 3.64. The molecule has 0 spiro atoms. The van der Waals surface area contributed by atoms with E-state index in [0.29, 0.717) is 0 Å². The Morgan fingerprint density at radius 1 is 1.53 bits per heavy atom. The molecule has 0 saturated heterocycles. The quantitative estimate of drug-likeness (QED) is 0.571. The van der Waals surface area contributed by atoms with Gasteiger partial charge in [-0.15, -0.1) is 0 Å². The Labute approximate surface area is 87.9 Å². The monoisotopic (exact) mass is 207 g/mol. The highest BCUT2D eigenvalue weighted by Crippen LogP contribution is 2.13. The molecule has 1 aromatic carbocycles. The van der Waals surface area contributed by atoms with Crippen LogP contribution >= 0.6 is 0 Å². The number of rotatable bonds is 4. The Morgan fingerprint density at radius 2 is 2.20 bits per heavy atom. The molecule has 0 aliphatic rings. The van der Waals surface area contributed by atoms with E-state index in [1.807, 2.05) is 30.3 Å². The summed E-state index contributed by atoms with van der Waals surface area (Å²) < 4.78 is 5.18. The summed E-state index contributed by atoms with van der Waals surface area (Å²) in [5.41, 5.74) is 7.92. The highest BCUT2D eigenvalue weighted by Gasteiger charge is 2.05. The molecule has 3 N–H and O–H groups in total. The number of hydrogen-bond acceptors (Lipinski definition) is 3. The van der Waals surface area contributed by atoms with Gasteiger partial charge in [-0.1, -0.05) is 30.3 Å². The molecule has 1 unspecified atom stereocenters. The third kappa shape index (κ3) is 3.78. The maximum absolute atomic E-state index is 10.4. The lowest BCUT2D eigenvalue weighted by molar-refractivity contribution is 0.161. The molecule has 1 atom stereocenters. The second-order valence-corrected chi connectivity index (χ2v) is 2.82. The predicted molar refractivity (Wildman–Crippen MR) is 57.4 cm³/mol. The molecule has 5 nitrogen and oxygen atoms in total. The summed E-state index contributed by atoms with van der Waals surface area (Å²) in [6.07, 6.45) is 1.18. The molecule has 2 amide bonds. The number of carbonyl (C=O) groups excluding carboxylic acids is 1. The molecule has 0 saturated carbocycles. The fourth-order valence-corrected chi connectivity index (χ4v) is 1.09. The van der Waals surface area contributed by atoms with Gasteiger partial charge >= 0.3 is 6.03 Å². The summed E-state index contributed by atoms with van der Waals surface area (Å²) in [4.78, 5) is 10.4. The van der Waals surface area contributed by atoms with Crippen LogP contribution in [0.15, 0.2) is 35.4 Å². The number of nitrogens with two attached hydrogens (primary N) is 1. The predicted octanol–water partition coefficient (Wildman–Crippen LogP) is 1.03. The molecule has 0 aliphatic heterocycles. The first-order valence-corrected chi connectivity index (χ1v) is 4.40. The van der Waals surface area contributed by atoms with Crippen LogP contribution in [0.1, 0.15) is 11.7 Å². The van der Waals surface area contributed by atoms with Gasteiger partial charge in [0, 0.05) is 7.11 Å². The van der Waals surface area contributed by atoms with Gasteiger partial charge in [0.25, 0.3) is 0 Å². The van der Waals surface area contributed by atoms with Gasteiger partial charge in [-0.05, 0) is 5.56 Å². The van der Waals surface area contributed by atoms with Crippen molar-refractivity contribution in [1.29, 1.82) is 0 Å². The lowest BCUT2D eigenvalue weighted by atomic mass is 10.1. The second kappa shape index (κ2) is 5.77. The highest BCUT2D eigenvalue weighted by molar-refractivity contribution is 5.74. The minimum Gasteiger partial charge on any atom is -0.371 e. The molecule has 1 aromatic rings. The second-order valence-electron chi connectivity index (χ2n) is 2.82. The number of hydrazone groups is 1. The number of amides is 2. The summed E-state index contributed by atoms with van der Waals surface area (Å²) in [6, 6.07) is 8.83. The largest absolute Gasteiger partial charge is 0.371 e. The number of hydrogen-bond donors (Lipinski definition) is 2. The highest BCUT2D eigenvalue weighted by atomic mass is 16.5. The molecular formula is C10H13N3O2. The van der Waals surface area contributed by atoms with E-state index in [4.69, 9.17) is 10.5 Å². The van der Waals surface area contributed by atoms with Crippen molar-refractivity contribution in [3.63, 3.8) is 0 Å². The number of carbonyl (C=O) groups is 1. The standard InChI is InChI=1S/C10H13N3O2/c1-15-9(7-12-13-10(11)14)8-5-3-2-4-6-8/h2-7,9H,1H3,(H3,11,13,14)/b12-7+. The Bertz CT molecular complexity index is 338. The first-order chi connectivity index (χ1) is 7.24.